The molecule has 3 nitrogen and oxygen atoms in total. The molecule has 2 N–H and O–H groups in total. The number of halogens is 2. The van der Waals surface area contributed by atoms with Crippen LogP contribution in [-0.2, 0) is 0 Å². The van der Waals surface area contributed by atoms with E-state index in [1.807, 2.05) is 16.9 Å². The molecular weight excluding hydrogens is 322 g/mol. The summed E-state index contributed by atoms with van der Waals surface area (Å²) in [6, 6.07) is 4.17. The van der Waals surface area contributed by atoms with Crippen molar-refractivity contribution >= 4 is 38.9 Å². The summed E-state index contributed by atoms with van der Waals surface area (Å²) >= 11 is 11.1. The van der Waals surface area contributed by atoms with E-state index in [9.17, 15) is 0 Å². The van der Waals surface area contributed by atoms with E-state index in [2.05, 4.69) is 34.0 Å². The number of rotatable bonds is 4. The fourth-order valence-electron chi connectivity index (χ4n) is 1.72. The van der Waals surface area contributed by atoms with Gasteiger partial charge in [0.05, 0.1) is 15.0 Å². The van der Waals surface area contributed by atoms with Gasteiger partial charge >= 0.3 is 0 Å². The Bertz CT molecular complexity index is 456. The van der Waals surface area contributed by atoms with Gasteiger partial charge in [-0.25, -0.2) is 0 Å². The fraction of sp³-hybridized carbons (Fsp3) is 0.364. The molecule has 0 amide bonds. The Morgan fingerprint density at radius 2 is 2.35 bits per heavy atom. The van der Waals surface area contributed by atoms with Gasteiger partial charge in [-0.05, 0) is 34.5 Å². The van der Waals surface area contributed by atoms with Crippen molar-refractivity contribution in [2.75, 3.05) is 0 Å². The van der Waals surface area contributed by atoms with Crippen molar-refractivity contribution in [3.8, 4) is 0 Å². The average molecular weight is 335 g/mol. The fourth-order valence-corrected chi connectivity index (χ4v) is 3.45. The molecule has 6 heteroatoms. The van der Waals surface area contributed by atoms with Crippen LogP contribution in [0.1, 0.15) is 24.3 Å². The first kappa shape index (κ1) is 13.1. The van der Waals surface area contributed by atoms with Gasteiger partial charge < -0.3 is 5.73 Å². The Hall–Kier alpha value is -0.360. The second kappa shape index (κ2) is 5.52. The van der Waals surface area contributed by atoms with E-state index in [0.717, 1.165) is 10.2 Å². The zero-order valence-corrected chi connectivity index (χ0v) is 12.5. The van der Waals surface area contributed by atoms with Crippen LogP contribution >= 0.6 is 38.9 Å². The predicted octanol–water partition coefficient (Wildman–Crippen LogP) is 3.69. The number of hydrogen-bond donors (Lipinski definition) is 1. The van der Waals surface area contributed by atoms with E-state index in [1.54, 1.807) is 17.5 Å². The molecule has 0 aliphatic rings. The standard InChI is InChI=1S/C11H13BrClN3S/c1-2-8(14)11(9-3-4-10(12)17-9)16-6-7(13)5-15-16/h3-6,8,11H,2,14H2,1H3. The van der Waals surface area contributed by atoms with Crippen molar-refractivity contribution in [2.24, 2.45) is 5.73 Å². The Labute approximate surface area is 118 Å². The lowest BCUT2D eigenvalue weighted by Crippen LogP contribution is -2.32. The van der Waals surface area contributed by atoms with Gasteiger partial charge in [-0.3, -0.25) is 4.68 Å². The van der Waals surface area contributed by atoms with Crippen LogP contribution in [0.2, 0.25) is 5.02 Å². The summed E-state index contributed by atoms with van der Waals surface area (Å²) in [5, 5.41) is 4.90. The van der Waals surface area contributed by atoms with Gasteiger partial charge in [-0.1, -0.05) is 18.5 Å². The smallest absolute Gasteiger partial charge is 0.101 e. The Morgan fingerprint density at radius 3 is 2.82 bits per heavy atom. The van der Waals surface area contributed by atoms with Crippen LogP contribution in [0.5, 0.6) is 0 Å². The summed E-state index contributed by atoms with van der Waals surface area (Å²) in [7, 11) is 0. The molecule has 0 aromatic carbocycles. The molecule has 2 aromatic heterocycles. The molecule has 0 aliphatic heterocycles. The summed E-state index contributed by atoms with van der Waals surface area (Å²) in [5.74, 6) is 0. The number of nitrogens with zero attached hydrogens (tertiary/aromatic N) is 2. The SMILES string of the molecule is CCC(N)C(c1ccc(Br)s1)n1cc(Cl)cn1. The van der Waals surface area contributed by atoms with Crippen LogP contribution in [0, 0.1) is 0 Å². The normalized spacial score (nSPS) is 14.8. The summed E-state index contributed by atoms with van der Waals surface area (Å²) in [4.78, 5) is 1.19. The number of nitrogens with two attached hydrogens (primary N) is 1. The van der Waals surface area contributed by atoms with E-state index >= 15 is 0 Å². The third-order valence-electron chi connectivity index (χ3n) is 2.62. The first-order valence-corrected chi connectivity index (χ1v) is 7.31. The number of aromatic nitrogens is 2. The van der Waals surface area contributed by atoms with Crippen molar-refractivity contribution in [3.05, 3.63) is 38.2 Å². The third-order valence-corrected chi connectivity index (χ3v) is 4.51. The zero-order valence-electron chi connectivity index (χ0n) is 9.31. The van der Waals surface area contributed by atoms with Crippen LogP contribution in [-0.4, -0.2) is 15.8 Å². The molecule has 2 aromatic rings. The summed E-state index contributed by atoms with van der Waals surface area (Å²) in [5.41, 5.74) is 6.19. The monoisotopic (exact) mass is 333 g/mol. The van der Waals surface area contributed by atoms with Gasteiger partial charge in [-0.15, -0.1) is 11.3 Å². The first-order valence-electron chi connectivity index (χ1n) is 5.32. The minimum Gasteiger partial charge on any atom is -0.326 e. The van der Waals surface area contributed by atoms with E-state index in [0.29, 0.717) is 5.02 Å². The highest BCUT2D eigenvalue weighted by Crippen LogP contribution is 2.32. The Morgan fingerprint density at radius 1 is 1.59 bits per heavy atom. The van der Waals surface area contributed by atoms with Crippen molar-refractivity contribution in [2.45, 2.75) is 25.4 Å². The van der Waals surface area contributed by atoms with Gasteiger partial charge in [0, 0.05) is 17.1 Å². The molecule has 0 radical (unpaired) electrons. The second-order valence-electron chi connectivity index (χ2n) is 3.80. The van der Waals surface area contributed by atoms with Gasteiger partial charge in [0.15, 0.2) is 0 Å². The molecule has 0 saturated carbocycles. The topological polar surface area (TPSA) is 43.8 Å². The second-order valence-corrected chi connectivity index (χ2v) is 6.73. The van der Waals surface area contributed by atoms with Crippen LogP contribution < -0.4 is 5.73 Å². The predicted molar refractivity (Wildman–Crippen MR) is 75.7 cm³/mol. The maximum Gasteiger partial charge on any atom is 0.101 e. The lowest BCUT2D eigenvalue weighted by Gasteiger charge is -2.22. The minimum absolute atomic E-state index is 0.0246. The van der Waals surface area contributed by atoms with E-state index in [-0.39, 0.29) is 12.1 Å². The molecule has 2 rings (SSSR count). The Kier molecular flexibility index (Phi) is 4.25. The van der Waals surface area contributed by atoms with Gasteiger partial charge in [-0.2, -0.15) is 5.10 Å². The third kappa shape index (κ3) is 2.91. The van der Waals surface area contributed by atoms with Gasteiger partial charge in [0.2, 0.25) is 0 Å². The maximum absolute atomic E-state index is 6.19. The molecule has 92 valence electrons. The van der Waals surface area contributed by atoms with Crippen LogP contribution in [0.15, 0.2) is 28.3 Å². The highest BCUT2D eigenvalue weighted by atomic mass is 79.9. The zero-order chi connectivity index (χ0) is 12.4. The average Bonchev–Trinajstić information content (AvgIpc) is 2.89. The molecule has 0 fully saturated rings. The molecular formula is C11H13BrClN3S. The molecule has 0 spiro atoms. The van der Waals surface area contributed by atoms with Crippen molar-refractivity contribution in [1.29, 1.82) is 0 Å². The lowest BCUT2D eigenvalue weighted by molar-refractivity contribution is 0.430. The molecule has 0 bridgehead atoms. The number of thiophene rings is 1. The highest BCUT2D eigenvalue weighted by molar-refractivity contribution is 9.11. The lowest BCUT2D eigenvalue weighted by atomic mass is 10.1. The van der Waals surface area contributed by atoms with Crippen molar-refractivity contribution < 1.29 is 0 Å². The van der Waals surface area contributed by atoms with E-state index in [4.69, 9.17) is 17.3 Å². The quantitative estimate of drug-likeness (QED) is 0.926. The van der Waals surface area contributed by atoms with Gasteiger partial charge in [0.25, 0.3) is 0 Å². The van der Waals surface area contributed by atoms with Crippen molar-refractivity contribution in [3.63, 3.8) is 0 Å². The molecule has 2 atom stereocenters. The van der Waals surface area contributed by atoms with Crippen LogP contribution in [0.3, 0.4) is 0 Å². The first-order chi connectivity index (χ1) is 8.11. The molecule has 2 heterocycles. The van der Waals surface area contributed by atoms with Crippen molar-refractivity contribution in [1.82, 2.24) is 9.78 Å². The summed E-state index contributed by atoms with van der Waals surface area (Å²) in [6.07, 6.45) is 4.34. The summed E-state index contributed by atoms with van der Waals surface area (Å²) in [6.45, 7) is 2.07. The van der Waals surface area contributed by atoms with Crippen LogP contribution in [0.4, 0.5) is 0 Å². The number of hydrogen-bond acceptors (Lipinski definition) is 3. The largest absolute Gasteiger partial charge is 0.326 e. The molecule has 0 saturated heterocycles. The molecule has 17 heavy (non-hydrogen) atoms. The maximum atomic E-state index is 6.19. The van der Waals surface area contributed by atoms with E-state index in [1.165, 1.54) is 4.88 Å². The molecule has 0 aliphatic carbocycles. The highest BCUT2D eigenvalue weighted by Gasteiger charge is 2.22. The Balaban J connectivity index is 2.38. The van der Waals surface area contributed by atoms with Crippen LogP contribution in [0.25, 0.3) is 0 Å². The minimum atomic E-state index is 0.0246. The summed E-state index contributed by atoms with van der Waals surface area (Å²) < 4.78 is 2.94. The molecule has 2 unspecified atom stereocenters. The van der Waals surface area contributed by atoms with Gasteiger partial charge in [0.1, 0.15) is 6.04 Å². The van der Waals surface area contributed by atoms with E-state index < -0.39 is 0 Å².